The van der Waals surface area contributed by atoms with E-state index in [1.54, 1.807) is 0 Å². The van der Waals surface area contributed by atoms with E-state index in [0.29, 0.717) is 6.42 Å². The van der Waals surface area contributed by atoms with Gasteiger partial charge in [0.1, 0.15) is 5.82 Å². The first-order valence-corrected chi connectivity index (χ1v) is 8.15. The van der Waals surface area contributed by atoms with Crippen molar-refractivity contribution in [1.82, 2.24) is 14.9 Å². The van der Waals surface area contributed by atoms with Gasteiger partial charge in [-0.3, -0.25) is 0 Å². The van der Waals surface area contributed by atoms with Gasteiger partial charge < -0.3 is 15.0 Å². The van der Waals surface area contributed by atoms with Crippen LogP contribution in [0.1, 0.15) is 38.4 Å². The van der Waals surface area contributed by atoms with Gasteiger partial charge in [-0.15, -0.1) is 0 Å². The molecule has 1 aliphatic heterocycles. The normalized spacial score (nSPS) is 20.8. The summed E-state index contributed by atoms with van der Waals surface area (Å²) in [6, 6.07) is 8.46. The monoisotopic (exact) mass is 287 g/mol. The van der Waals surface area contributed by atoms with Gasteiger partial charge in [-0.2, -0.15) is 0 Å². The van der Waals surface area contributed by atoms with Crippen molar-refractivity contribution in [2.75, 3.05) is 6.54 Å². The summed E-state index contributed by atoms with van der Waals surface area (Å²) in [6.07, 6.45) is 4.85. The van der Waals surface area contributed by atoms with Crippen molar-refractivity contribution < 1.29 is 5.11 Å². The van der Waals surface area contributed by atoms with Gasteiger partial charge in [0.15, 0.2) is 0 Å². The number of fused-ring (bicyclic) bond motifs is 1. The smallest absolute Gasteiger partial charge is 0.112 e. The predicted molar refractivity (Wildman–Crippen MR) is 85.4 cm³/mol. The summed E-state index contributed by atoms with van der Waals surface area (Å²) in [7, 11) is 0. The van der Waals surface area contributed by atoms with E-state index in [1.165, 1.54) is 18.4 Å². The zero-order valence-corrected chi connectivity index (χ0v) is 12.8. The second kappa shape index (κ2) is 6.58. The molecule has 114 valence electrons. The second-order valence-corrected chi connectivity index (χ2v) is 6.00. The lowest BCUT2D eigenvalue weighted by molar-refractivity contribution is 0.110. The van der Waals surface area contributed by atoms with E-state index in [1.807, 2.05) is 6.07 Å². The fraction of sp³-hybridized carbons (Fsp3) is 0.588. The lowest BCUT2D eigenvalue weighted by atomic mass is 9.98. The van der Waals surface area contributed by atoms with E-state index in [4.69, 9.17) is 4.98 Å². The van der Waals surface area contributed by atoms with Crippen molar-refractivity contribution >= 4 is 11.0 Å². The summed E-state index contributed by atoms with van der Waals surface area (Å²) in [5, 5.41) is 14.0. The largest absolute Gasteiger partial charge is 0.391 e. The van der Waals surface area contributed by atoms with Crippen LogP contribution in [0.5, 0.6) is 0 Å². The van der Waals surface area contributed by atoms with Crippen LogP contribution in [-0.2, 0) is 13.0 Å². The van der Waals surface area contributed by atoms with Gasteiger partial charge in [-0.05, 0) is 37.9 Å². The molecule has 1 aliphatic rings. The van der Waals surface area contributed by atoms with Crippen molar-refractivity contribution in [2.24, 2.45) is 0 Å². The maximum Gasteiger partial charge on any atom is 0.112 e. The van der Waals surface area contributed by atoms with Crippen molar-refractivity contribution in [3.8, 4) is 0 Å². The highest BCUT2D eigenvalue weighted by molar-refractivity contribution is 5.75. The molecule has 1 aromatic heterocycles. The maximum atomic E-state index is 10.5. The van der Waals surface area contributed by atoms with E-state index >= 15 is 0 Å². The third-order valence-corrected chi connectivity index (χ3v) is 4.39. The fourth-order valence-electron chi connectivity index (χ4n) is 3.29. The predicted octanol–water partition coefficient (Wildman–Crippen LogP) is 2.49. The average Bonchev–Trinajstić information content (AvgIpc) is 2.86. The first-order valence-electron chi connectivity index (χ1n) is 8.15. The minimum Gasteiger partial charge on any atom is -0.391 e. The highest BCUT2D eigenvalue weighted by atomic mass is 16.3. The Morgan fingerprint density at radius 2 is 2.24 bits per heavy atom. The Bertz CT molecular complexity index is 587. The van der Waals surface area contributed by atoms with Crippen LogP contribution in [-0.4, -0.2) is 33.3 Å². The van der Waals surface area contributed by atoms with Gasteiger partial charge in [-0.25, -0.2) is 4.98 Å². The quantitative estimate of drug-likeness (QED) is 0.888. The number of nitrogens with zero attached hydrogens (tertiary/aromatic N) is 2. The van der Waals surface area contributed by atoms with Crippen LogP contribution < -0.4 is 5.32 Å². The van der Waals surface area contributed by atoms with Gasteiger partial charge in [0.05, 0.1) is 17.1 Å². The van der Waals surface area contributed by atoms with E-state index in [9.17, 15) is 5.11 Å². The number of hydrogen-bond acceptors (Lipinski definition) is 3. The average molecular weight is 287 g/mol. The van der Waals surface area contributed by atoms with E-state index in [-0.39, 0.29) is 12.1 Å². The van der Waals surface area contributed by atoms with Crippen LogP contribution in [0.25, 0.3) is 11.0 Å². The summed E-state index contributed by atoms with van der Waals surface area (Å²) >= 11 is 0. The number of nitrogens with one attached hydrogen (secondary N) is 1. The van der Waals surface area contributed by atoms with Crippen LogP contribution >= 0.6 is 0 Å². The van der Waals surface area contributed by atoms with Gasteiger partial charge in [0.25, 0.3) is 0 Å². The van der Waals surface area contributed by atoms with Gasteiger partial charge >= 0.3 is 0 Å². The van der Waals surface area contributed by atoms with Crippen molar-refractivity contribution in [2.45, 2.75) is 57.7 Å². The zero-order valence-electron chi connectivity index (χ0n) is 12.8. The molecule has 0 spiro atoms. The molecule has 2 atom stereocenters. The Hall–Kier alpha value is -1.39. The number of aromatic nitrogens is 2. The minimum atomic E-state index is -0.349. The number of piperidine rings is 1. The zero-order chi connectivity index (χ0) is 14.7. The van der Waals surface area contributed by atoms with Crippen molar-refractivity contribution in [3.05, 3.63) is 30.1 Å². The Kier molecular flexibility index (Phi) is 4.56. The van der Waals surface area contributed by atoms with Gasteiger partial charge in [0.2, 0.25) is 0 Å². The molecule has 0 radical (unpaired) electrons. The summed E-state index contributed by atoms with van der Waals surface area (Å²) in [5.74, 6) is 1.01. The Morgan fingerprint density at radius 1 is 1.38 bits per heavy atom. The van der Waals surface area contributed by atoms with Crippen LogP contribution in [0, 0.1) is 0 Å². The number of aryl methyl sites for hydroxylation is 1. The lowest BCUT2D eigenvalue weighted by Crippen LogP contribution is -2.44. The van der Waals surface area contributed by atoms with Crippen LogP contribution in [0.3, 0.4) is 0 Å². The third-order valence-electron chi connectivity index (χ3n) is 4.39. The number of hydrogen-bond donors (Lipinski definition) is 2. The Balaban J connectivity index is 1.83. The molecular formula is C17H25N3O. The fourth-order valence-corrected chi connectivity index (χ4v) is 3.29. The second-order valence-electron chi connectivity index (χ2n) is 6.00. The molecule has 0 aliphatic carbocycles. The summed E-state index contributed by atoms with van der Waals surface area (Å²) in [6.45, 7) is 4.16. The number of aliphatic hydroxyl groups excluding tert-OH is 1. The first-order chi connectivity index (χ1) is 10.3. The highest BCUT2D eigenvalue weighted by Crippen LogP contribution is 2.20. The molecule has 1 aromatic carbocycles. The molecule has 2 unspecified atom stereocenters. The summed E-state index contributed by atoms with van der Waals surface area (Å²) in [4.78, 5) is 4.74. The number of rotatable bonds is 5. The molecular weight excluding hydrogens is 262 g/mol. The number of imidazole rings is 1. The topological polar surface area (TPSA) is 50.1 Å². The van der Waals surface area contributed by atoms with E-state index in [0.717, 1.165) is 37.3 Å². The molecule has 0 amide bonds. The molecule has 2 heterocycles. The summed E-state index contributed by atoms with van der Waals surface area (Å²) in [5.41, 5.74) is 2.21. The standard InChI is InChI=1S/C17H25N3O/c1-2-11-20-15-9-4-3-7-13(15)19-17(20)12-16(21)14-8-5-6-10-18-14/h3-4,7,9,14,16,18,21H,2,5-6,8,10-12H2,1H3. The van der Waals surface area contributed by atoms with Crippen molar-refractivity contribution in [3.63, 3.8) is 0 Å². The van der Waals surface area contributed by atoms with Crippen molar-refractivity contribution in [1.29, 1.82) is 0 Å². The molecule has 1 saturated heterocycles. The van der Waals surface area contributed by atoms with Crippen LogP contribution in [0.15, 0.2) is 24.3 Å². The molecule has 0 saturated carbocycles. The number of para-hydroxylation sites is 2. The van der Waals surface area contributed by atoms with Crippen LogP contribution in [0.4, 0.5) is 0 Å². The molecule has 2 aromatic rings. The van der Waals surface area contributed by atoms with Gasteiger partial charge in [-0.1, -0.05) is 25.5 Å². The lowest BCUT2D eigenvalue weighted by Gasteiger charge is -2.28. The molecule has 1 fully saturated rings. The molecule has 2 N–H and O–H groups in total. The SMILES string of the molecule is CCCn1c(CC(O)C2CCCCN2)nc2ccccc21. The number of benzene rings is 1. The molecule has 0 bridgehead atoms. The highest BCUT2D eigenvalue weighted by Gasteiger charge is 2.23. The number of aliphatic hydroxyl groups is 1. The van der Waals surface area contributed by atoms with E-state index in [2.05, 4.69) is 35.0 Å². The maximum absolute atomic E-state index is 10.5. The van der Waals surface area contributed by atoms with Gasteiger partial charge in [0, 0.05) is 19.0 Å². The van der Waals surface area contributed by atoms with E-state index < -0.39 is 0 Å². The summed E-state index contributed by atoms with van der Waals surface area (Å²) < 4.78 is 2.27. The Morgan fingerprint density at radius 3 is 3.00 bits per heavy atom. The Labute approximate surface area is 126 Å². The molecule has 3 rings (SSSR count). The van der Waals surface area contributed by atoms with Crippen LogP contribution in [0.2, 0.25) is 0 Å². The molecule has 4 heteroatoms. The minimum absolute atomic E-state index is 0.216. The molecule has 21 heavy (non-hydrogen) atoms. The molecule has 4 nitrogen and oxygen atoms in total. The third kappa shape index (κ3) is 3.11. The first kappa shape index (κ1) is 14.5.